The van der Waals surface area contributed by atoms with Crippen LogP contribution in [0.5, 0.6) is 5.75 Å². The number of hydrogen-bond acceptors (Lipinski definition) is 9. The van der Waals surface area contributed by atoms with E-state index in [-0.39, 0.29) is 0 Å². The Morgan fingerprint density at radius 1 is 1.07 bits per heavy atom. The molecule has 0 atom stereocenters. The minimum absolute atomic E-state index is 0.318. The van der Waals surface area contributed by atoms with Crippen molar-refractivity contribution in [3.05, 3.63) is 65.9 Å². The normalized spacial score (nSPS) is 14.2. The van der Waals surface area contributed by atoms with Crippen molar-refractivity contribution in [1.29, 1.82) is 0 Å². The van der Waals surface area contributed by atoms with Crippen LogP contribution in [0.15, 0.2) is 48.9 Å². The molecule has 5 heterocycles. The maximum absolute atomic E-state index is 13.1. The van der Waals surface area contributed by atoms with Crippen molar-refractivity contribution in [3.8, 4) is 22.8 Å². The topological polar surface area (TPSA) is 114 Å². The lowest BCUT2D eigenvalue weighted by molar-refractivity contribution is -0.142. The molecule has 1 saturated heterocycles. The highest BCUT2D eigenvalue weighted by atomic mass is 19.4. The van der Waals surface area contributed by atoms with Gasteiger partial charge in [-0.05, 0) is 44.2 Å². The second-order valence-corrected chi connectivity index (χ2v) is 9.44. The number of nitrogens with one attached hydrogen (secondary N) is 1. The first kappa shape index (κ1) is 26.7. The molecule has 0 aliphatic carbocycles. The number of hydrogen-bond donors (Lipinski definition) is 1. The number of nitrogens with zero attached hydrogens (tertiary/aromatic N) is 7. The van der Waals surface area contributed by atoms with Gasteiger partial charge in [0, 0.05) is 22.9 Å². The van der Waals surface area contributed by atoms with Crippen LogP contribution in [0.3, 0.4) is 0 Å². The molecular formula is C27H25F3N8O3. The van der Waals surface area contributed by atoms with E-state index in [0.29, 0.717) is 69.8 Å². The highest BCUT2D eigenvalue weighted by molar-refractivity contribution is 5.86. The van der Waals surface area contributed by atoms with Gasteiger partial charge in [-0.25, -0.2) is 9.97 Å². The standard InChI is InChI=1S/C27H25F3N8O3/c1-15-4-6-23(36-35-15)33-20-10-19-21(11-22(20)39-3)37(14-31-19)24-7-5-17(26-40-8-9-41-26)25(34-24)18-12-32-38(16(18)2)13-27(28,29)30/h4-7,10-12,14,26H,8-9,13H2,1-3H3,(H,33,36). The van der Waals surface area contributed by atoms with Gasteiger partial charge in [0.25, 0.3) is 0 Å². The molecule has 41 heavy (non-hydrogen) atoms. The molecule has 1 aromatic carbocycles. The second kappa shape index (κ2) is 10.4. The Labute approximate surface area is 231 Å². The Kier molecular flexibility index (Phi) is 6.79. The second-order valence-electron chi connectivity index (χ2n) is 9.44. The van der Waals surface area contributed by atoms with Gasteiger partial charge in [-0.2, -0.15) is 23.4 Å². The van der Waals surface area contributed by atoms with Gasteiger partial charge in [0.05, 0.1) is 54.6 Å². The van der Waals surface area contributed by atoms with Crippen molar-refractivity contribution in [1.82, 2.24) is 34.5 Å². The lowest BCUT2D eigenvalue weighted by Crippen LogP contribution is -2.19. The van der Waals surface area contributed by atoms with Crippen LogP contribution in [0.25, 0.3) is 28.1 Å². The summed E-state index contributed by atoms with van der Waals surface area (Å²) in [5.41, 5.74) is 4.55. The lowest BCUT2D eigenvalue weighted by Gasteiger charge is -2.16. The van der Waals surface area contributed by atoms with E-state index in [1.54, 1.807) is 37.1 Å². The van der Waals surface area contributed by atoms with E-state index in [9.17, 15) is 13.2 Å². The average molecular weight is 567 g/mol. The number of benzene rings is 1. The van der Waals surface area contributed by atoms with Crippen molar-refractivity contribution in [2.24, 2.45) is 0 Å². The van der Waals surface area contributed by atoms with Gasteiger partial charge in [-0.1, -0.05) is 0 Å². The largest absolute Gasteiger partial charge is 0.494 e. The summed E-state index contributed by atoms with van der Waals surface area (Å²) in [7, 11) is 1.56. The van der Waals surface area contributed by atoms with Crippen molar-refractivity contribution >= 4 is 22.5 Å². The predicted octanol–water partition coefficient (Wildman–Crippen LogP) is 5.05. The Hall–Kier alpha value is -4.56. The van der Waals surface area contributed by atoms with Crippen molar-refractivity contribution in [3.63, 3.8) is 0 Å². The first-order valence-corrected chi connectivity index (χ1v) is 12.7. The van der Waals surface area contributed by atoms with E-state index in [4.69, 9.17) is 19.2 Å². The van der Waals surface area contributed by atoms with E-state index in [0.717, 1.165) is 10.4 Å². The molecule has 1 N–H and O–H groups in total. The zero-order chi connectivity index (χ0) is 28.7. The summed E-state index contributed by atoms with van der Waals surface area (Å²) in [6.07, 6.45) is -2.12. The number of rotatable bonds is 7. The summed E-state index contributed by atoms with van der Waals surface area (Å²) in [6, 6.07) is 10.9. The van der Waals surface area contributed by atoms with Gasteiger partial charge in [0.1, 0.15) is 24.4 Å². The third-order valence-electron chi connectivity index (χ3n) is 6.65. The number of halogens is 3. The van der Waals surface area contributed by atoms with Crippen LogP contribution in [0.2, 0.25) is 0 Å². The highest BCUT2D eigenvalue weighted by Gasteiger charge is 2.31. The molecule has 212 valence electrons. The molecule has 0 bridgehead atoms. The van der Waals surface area contributed by atoms with Gasteiger partial charge in [0.2, 0.25) is 0 Å². The first-order chi connectivity index (χ1) is 19.7. The Bertz CT molecular complexity index is 1710. The van der Waals surface area contributed by atoms with Gasteiger partial charge in [0.15, 0.2) is 12.1 Å². The minimum Gasteiger partial charge on any atom is -0.494 e. The summed E-state index contributed by atoms with van der Waals surface area (Å²) in [6.45, 7) is 3.02. The number of fused-ring (bicyclic) bond motifs is 1. The molecule has 1 aliphatic heterocycles. The van der Waals surface area contributed by atoms with Crippen molar-refractivity contribution in [2.45, 2.75) is 32.9 Å². The molecule has 14 heteroatoms. The summed E-state index contributed by atoms with van der Waals surface area (Å²) in [4.78, 5) is 9.41. The van der Waals surface area contributed by atoms with Crippen LogP contribution < -0.4 is 10.1 Å². The molecule has 0 radical (unpaired) electrons. The van der Waals surface area contributed by atoms with Crippen LogP contribution in [0.4, 0.5) is 24.7 Å². The van der Waals surface area contributed by atoms with E-state index in [2.05, 4.69) is 25.6 Å². The number of aryl methyl sites for hydroxylation is 1. The van der Waals surface area contributed by atoms with Gasteiger partial charge in [-0.3, -0.25) is 9.25 Å². The van der Waals surface area contributed by atoms with Crippen molar-refractivity contribution in [2.75, 3.05) is 25.6 Å². The van der Waals surface area contributed by atoms with Crippen LogP contribution in [0, 0.1) is 13.8 Å². The number of aromatic nitrogens is 7. The van der Waals surface area contributed by atoms with E-state index < -0.39 is 19.0 Å². The number of imidazole rings is 1. The SMILES string of the molecule is COc1cc2c(cc1Nc1ccc(C)nn1)ncn2-c1ccc(C2OCCO2)c(-c2cnn(CC(F)(F)F)c2C)n1. The van der Waals surface area contributed by atoms with Gasteiger partial charge in [-0.15, -0.1) is 5.10 Å². The number of alkyl halides is 3. The molecular weight excluding hydrogens is 541 g/mol. The fourth-order valence-corrected chi connectivity index (χ4v) is 4.63. The smallest absolute Gasteiger partial charge is 0.408 e. The molecule has 11 nitrogen and oxygen atoms in total. The zero-order valence-corrected chi connectivity index (χ0v) is 22.3. The first-order valence-electron chi connectivity index (χ1n) is 12.7. The summed E-state index contributed by atoms with van der Waals surface area (Å²) >= 11 is 0. The monoisotopic (exact) mass is 566 g/mol. The molecule has 0 spiro atoms. The summed E-state index contributed by atoms with van der Waals surface area (Å²) in [5, 5.41) is 15.4. The molecule has 0 saturated carbocycles. The van der Waals surface area contributed by atoms with E-state index in [1.807, 2.05) is 31.2 Å². The van der Waals surface area contributed by atoms with Crippen LogP contribution in [-0.4, -0.2) is 61.0 Å². The average Bonchev–Trinajstić information content (AvgIpc) is 3.69. The maximum Gasteiger partial charge on any atom is 0.408 e. The quantitative estimate of drug-likeness (QED) is 0.289. The molecule has 5 aromatic rings. The maximum atomic E-state index is 13.1. The van der Waals surface area contributed by atoms with E-state index in [1.165, 1.54) is 6.20 Å². The number of ether oxygens (including phenoxy) is 3. The number of methoxy groups -OCH3 is 1. The Morgan fingerprint density at radius 2 is 1.88 bits per heavy atom. The minimum atomic E-state index is -4.42. The van der Waals surface area contributed by atoms with Crippen molar-refractivity contribution < 1.29 is 27.4 Å². The molecule has 0 amide bonds. The van der Waals surface area contributed by atoms with Crippen LogP contribution in [-0.2, 0) is 16.0 Å². The molecule has 4 aromatic heterocycles. The lowest BCUT2D eigenvalue weighted by atomic mass is 10.1. The van der Waals surface area contributed by atoms with E-state index >= 15 is 0 Å². The fourth-order valence-electron chi connectivity index (χ4n) is 4.63. The predicted molar refractivity (Wildman–Crippen MR) is 142 cm³/mol. The number of anilines is 2. The summed E-state index contributed by atoms with van der Waals surface area (Å²) < 4.78 is 59.1. The molecule has 1 aliphatic rings. The molecule has 0 unspecified atom stereocenters. The third kappa shape index (κ3) is 5.30. The van der Waals surface area contributed by atoms with Gasteiger partial charge < -0.3 is 19.5 Å². The zero-order valence-electron chi connectivity index (χ0n) is 22.3. The fraction of sp³-hybridized carbons (Fsp3) is 0.296. The summed E-state index contributed by atoms with van der Waals surface area (Å²) in [5.74, 6) is 1.57. The highest BCUT2D eigenvalue weighted by Crippen LogP contribution is 2.36. The molecule has 1 fully saturated rings. The Morgan fingerprint density at radius 3 is 2.59 bits per heavy atom. The number of pyridine rings is 1. The Balaban J connectivity index is 1.42. The van der Waals surface area contributed by atoms with Crippen LogP contribution in [0.1, 0.15) is 23.2 Å². The molecule has 6 rings (SSSR count). The van der Waals surface area contributed by atoms with Crippen LogP contribution >= 0.6 is 0 Å². The third-order valence-corrected chi connectivity index (χ3v) is 6.65. The van der Waals surface area contributed by atoms with Gasteiger partial charge >= 0.3 is 6.18 Å².